The number of hydrogen-bond donors (Lipinski definition) is 0. The quantitative estimate of drug-likeness (QED) is 0.578. The molecule has 0 nitrogen and oxygen atoms in total. The Balaban J connectivity index is 2.20. The Morgan fingerprint density at radius 1 is 0.889 bits per heavy atom. The van der Waals surface area contributed by atoms with E-state index in [2.05, 4.69) is 76.3 Å². The lowest BCUT2D eigenvalue weighted by Gasteiger charge is -2.19. The average molecular weight is 240 g/mol. The van der Waals surface area contributed by atoms with Crippen LogP contribution in [0.4, 0.5) is 0 Å². The first-order chi connectivity index (χ1) is 8.38. The van der Waals surface area contributed by atoms with Crippen molar-refractivity contribution in [3.8, 4) is 0 Å². The summed E-state index contributed by atoms with van der Waals surface area (Å²) in [6.07, 6.45) is 20.4. The first-order valence-electron chi connectivity index (χ1n) is 6.86. The summed E-state index contributed by atoms with van der Waals surface area (Å²) in [5.41, 5.74) is 3.30. The Morgan fingerprint density at radius 2 is 1.61 bits per heavy atom. The second-order valence-corrected chi connectivity index (χ2v) is 6.68. The van der Waals surface area contributed by atoms with Crippen molar-refractivity contribution in [3.63, 3.8) is 0 Å². The highest BCUT2D eigenvalue weighted by Crippen LogP contribution is 2.33. The van der Waals surface area contributed by atoms with Crippen molar-refractivity contribution >= 4 is 0 Å². The third-order valence-corrected chi connectivity index (χ3v) is 3.75. The minimum atomic E-state index is 0.165. The van der Waals surface area contributed by atoms with Crippen molar-refractivity contribution in [2.75, 3.05) is 0 Å². The molecule has 96 valence electrons. The highest BCUT2D eigenvalue weighted by atomic mass is 14.2. The Morgan fingerprint density at radius 3 is 2.39 bits per heavy atom. The molecule has 2 rings (SSSR count). The maximum atomic E-state index is 2.32. The number of allylic oxidation sites excluding steroid dienone is 10. The largest absolute Gasteiger partial charge is 0.0788 e. The Bertz CT molecular complexity index is 462. The van der Waals surface area contributed by atoms with Gasteiger partial charge in [0.15, 0.2) is 0 Å². The lowest BCUT2D eigenvalue weighted by atomic mass is 9.86. The van der Waals surface area contributed by atoms with Gasteiger partial charge < -0.3 is 0 Å². The van der Waals surface area contributed by atoms with Crippen LogP contribution in [0.25, 0.3) is 0 Å². The van der Waals surface area contributed by atoms with Gasteiger partial charge in [-0.05, 0) is 29.4 Å². The molecule has 0 atom stereocenters. The van der Waals surface area contributed by atoms with E-state index >= 15 is 0 Å². The molecule has 0 aromatic heterocycles. The van der Waals surface area contributed by atoms with Gasteiger partial charge in [0.2, 0.25) is 0 Å². The third kappa shape index (κ3) is 3.35. The highest BCUT2D eigenvalue weighted by Gasteiger charge is 2.18. The number of rotatable bonds is 1. The van der Waals surface area contributed by atoms with Gasteiger partial charge in [-0.1, -0.05) is 76.3 Å². The van der Waals surface area contributed by atoms with E-state index in [1.54, 1.807) is 0 Å². The van der Waals surface area contributed by atoms with Crippen molar-refractivity contribution in [1.29, 1.82) is 0 Å². The van der Waals surface area contributed by atoms with Crippen LogP contribution in [0.2, 0.25) is 0 Å². The summed E-state index contributed by atoms with van der Waals surface area (Å²) in [4.78, 5) is 0. The molecule has 0 saturated carbocycles. The van der Waals surface area contributed by atoms with Crippen LogP contribution in [0, 0.1) is 10.8 Å². The van der Waals surface area contributed by atoms with Gasteiger partial charge in [-0.15, -0.1) is 0 Å². The molecule has 0 aliphatic heterocycles. The molecule has 0 amide bonds. The molecule has 18 heavy (non-hydrogen) atoms. The summed E-state index contributed by atoms with van der Waals surface area (Å²) < 4.78 is 0. The fraction of sp³-hybridized carbons (Fsp3) is 0.444. The van der Waals surface area contributed by atoms with Gasteiger partial charge >= 0.3 is 0 Å². The zero-order valence-electron chi connectivity index (χ0n) is 12.0. The van der Waals surface area contributed by atoms with E-state index in [9.17, 15) is 0 Å². The van der Waals surface area contributed by atoms with Gasteiger partial charge in [-0.2, -0.15) is 0 Å². The van der Waals surface area contributed by atoms with Crippen LogP contribution in [0.5, 0.6) is 0 Å². The Hall–Kier alpha value is -1.30. The molecular formula is C18H24. The van der Waals surface area contributed by atoms with Crippen molar-refractivity contribution in [2.24, 2.45) is 10.8 Å². The normalized spacial score (nSPS) is 25.1. The van der Waals surface area contributed by atoms with E-state index in [0.29, 0.717) is 5.41 Å². The summed E-state index contributed by atoms with van der Waals surface area (Å²) in [7, 11) is 0. The zero-order valence-corrected chi connectivity index (χ0v) is 12.0. The monoisotopic (exact) mass is 240 g/mol. The summed E-state index contributed by atoms with van der Waals surface area (Å²) >= 11 is 0. The van der Waals surface area contributed by atoms with E-state index in [-0.39, 0.29) is 5.41 Å². The van der Waals surface area contributed by atoms with Gasteiger partial charge in [0.1, 0.15) is 0 Å². The molecular weight excluding hydrogens is 216 g/mol. The summed E-state index contributed by atoms with van der Waals surface area (Å²) in [6.45, 7) is 9.09. The molecule has 0 N–H and O–H groups in total. The molecule has 0 bridgehead atoms. The van der Waals surface area contributed by atoms with Crippen molar-refractivity contribution in [3.05, 3.63) is 59.8 Å². The van der Waals surface area contributed by atoms with Gasteiger partial charge in [0, 0.05) is 5.41 Å². The smallest absolute Gasteiger partial charge is 0.00109 e. The van der Waals surface area contributed by atoms with E-state index < -0.39 is 0 Å². The van der Waals surface area contributed by atoms with Crippen molar-refractivity contribution < 1.29 is 0 Å². The zero-order chi connectivity index (χ0) is 13.2. The van der Waals surface area contributed by atoms with Crippen LogP contribution in [0.15, 0.2) is 59.8 Å². The average Bonchev–Trinajstić information content (AvgIpc) is 2.54. The van der Waals surface area contributed by atoms with Crippen LogP contribution in [-0.2, 0) is 0 Å². The van der Waals surface area contributed by atoms with Crippen LogP contribution >= 0.6 is 0 Å². The van der Waals surface area contributed by atoms with Crippen LogP contribution in [0.3, 0.4) is 0 Å². The second-order valence-electron chi connectivity index (χ2n) is 6.68. The van der Waals surface area contributed by atoms with E-state index in [4.69, 9.17) is 0 Å². The second kappa shape index (κ2) is 4.76. The standard InChI is InChI=1S/C18H24/c1-17(2)11-5-7-15(9-13-17)16-8-6-12-18(3,4)14-10-16/h5-9,11-13H,10,14H2,1-4H3. The molecule has 0 fully saturated rings. The van der Waals surface area contributed by atoms with Crippen LogP contribution in [0.1, 0.15) is 40.5 Å². The fourth-order valence-corrected chi connectivity index (χ4v) is 2.32. The molecule has 0 spiro atoms. The minimum Gasteiger partial charge on any atom is -0.0788 e. The van der Waals surface area contributed by atoms with Gasteiger partial charge in [0.05, 0.1) is 0 Å². The van der Waals surface area contributed by atoms with Gasteiger partial charge in [0.25, 0.3) is 0 Å². The molecule has 0 heterocycles. The van der Waals surface area contributed by atoms with Crippen LogP contribution < -0.4 is 0 Å². The van der Waals surface area contributed by atoms with E-state index in [1.165, 1.54) is 17.6 Å². The van der Waals surface area contributed by atoms with E-state index in [0.717, 1.165) is 6.42 Å². The van der Waals surface area contributed by atoms with Gasteiger partial charge in [-0.3, -0.25) is 0 Å². The fourth-order valence-electron chi connectivity index (χ4n) is 2.32. The van der Waals surface area contributed by atoms with Crippen molar-refractivity contribution in [1.82, 2.24) is 0 Å². The van der Waals surface area contributed by atoms with Crippen molar-refractivity contribution in [2.45, 2.75) is 40.5 Å². The summed E-state index contributed by atoms with van der Waals surface area (Å²) in [5, 5.41) is 0. The molecule has 0 radical (unpaired) electrons. The van der Waals surface area contributed by atoms with E-state index in [1.807, 2.05) is 0 Å². The summed E-state index contributed by atoms with van der Waals surface area (Å²) in [6, 6.07) is 0. The molecule has 2 aliphatic carbocycles. The molecule has 0 saturated heterocycles. The van der Waals surface area contributed by atoms with Gasteiger partial charge in [-0.25, -0.2) is 0 Å². The topological polar surface area (TPSA) is 0 Å². The third-order valence-electron chi connectivity index (χ3n) is 3.75. The molecule has 2 aliphatic rings. The molecule has 0 unspecified atom stereocenters. The minimum absolute atomic E-state index is 0.165. The Kier molecular flexibility index (Phi) is 3.47. The predicted molar refractivity (Wildman–Crippen MR) is 80.4 cm³/mol. The predicted octanol–water partition coefficient (Wildman–Crippen LogP) is 5.37. The molecule has 0 aromatic rings. The van der Waals surface area contributed by atoms with Crippen LogP contribution in [-0.4, -0.2) is 0 Å². The number of hydrogen-bond acceptors (Lipinski definition) is 0. The first kappa shape index (κ1) is 13.1. The SMILES string of the molecule is CC1(C)C=CC=C(C2=CC=CC(C)(C)CC2)C=C1. The first-order valence-corrected chi connectivity index (χ1v) is 6.86. The lowest BCUT2D eigenvalue weighted by molar-refractivity contribution is 0.441. The maximum Gasteiger partial charge on any atom is 0.00109 e. The molecule has 0 aromatic carbocycles. The highest BCUT2D eigenvalue weighted by molar-refractivity contribution is 5.46. The maximum absolute atomic E-state index is 2.32. The Labute approximate surface area is 111 Å². The lowest BCUT2D eigenvalue weighted by Crippen LogP contribution is -2.06. The molecule has 0 heteroatoms. The summed E-state index contributed by atoms with van der Waals surface area (Å²) in [5.74, 6) is 0.